The zero-order valence-electron chi connectivity index (χ0n) is 10.1. The lowest BCUT2D eigenvalue weighted by atomic mass is 9.83. The number of aliphatic hydroxyl groups is 2. The Labute approximate surface area is 97.7 Å². The van der Waals surface area contributed by atoms with Gasteiger partial charge in [-0.15, -0.1) is 0 Å². The van der Waals surface area contributed by atoms with Gasteiger partial charge in [0.25, 0.3) is 0 Å². The van der Waals surface area contributed by atoms with Crippen LogP contribution < -0.4 is 0 Å². The molecule has 2 N–H and O–H groups in total. The highest BCUT2D eigenvalue weighted by atomic mass is 16.3. The average molecular weight is 222 g/mol. The van der Waals surface area contributed by atoms with E-state index in [0.717, 1.165) is 32.1 Å². The molecule has 2 nitrogen and oxygen atoms in total. The van der Waals surface area contributed by atoms with Crippen LogP contribution in [0.5, 0.6) is 0 Å². The van der Waals surface area contributed by atoms with E-state index in [-0.39, 0.29) is 5.92 Å². The van der Waals surface area contributed by atoms with Crippen LogP contribution in [-0.4, -0.2) is 10.2 Å². The van der Waals surface area contributed by atoms with Gasteiger partial charge in [0, 0.05) is 12.3 Å². The summed E-state index contributed by atoms with van der Waals surface area (Å²) in [5, 5.41) is 20.0. The summed E-state index contributed by atoms with van der Waals surface area (Å²) in [4.78, 5) is 0. The Morgan fingerprint density at radius 1 is 1.06 bits per heavy atom. The molecule has 1 unspecified atom stereocenters. The molecule has 2 saturated carbocycles. The summed E-state index contributed by atoms with van der Waals surface area (Å²) in [5.74, 6) is 1.26. The Bertz CT molecular complexity index is 314. The molecule has 0 amide bonds. The van der Waals surface area contributed by atoms with Gasteiger partial charge in [-0.2, -0.15) is 0 Å². The molecule has 0 radical (unpaired) electrons. The van der Waals surface area contributed by atoms with E-state index in [1.165, 1.54) is 24.0 Å². The summed E-state index contributed by atoms with van der Waals surface area (Å²) < 4.78 is 0. The zero-order chi connectivity index (χ0) is 11.5. The highest BCUT2D eigenvalue weighted by Crippen LogP contribution is 2.36. The van der Waals surface area contributed by atoms with Gasteiger partial charge in [-0.1, -0.05) is 6.92 Å². The average Bonchev–Trinajstić information content (AvgIpc) is 2.08. The molecular formula is C14H22O2. The molecule has 2 aliphatic rings. The minimum Gasteiger partial charge on any atom is -0.512 e. The maximum Gasteiger partial charge on any atom is 0.0949 e. The molecule has 0 aromatic heterocycles. The highest BCUT2D eigenvalue weighted by Gasteiger charge is 2.23. The molecule has 1 atom stereocenters. The molecule has 0 saturated heterocycles. The van der Waals surface area contributed by atoms with Crippen molar-refractivity contribution in [3.05, 3.63) is 22.7 Å². The van der Waals surface area contributed by atoms with E-state index in [1.807, 2.05) is 0 Å². The van der Waals surface area contributed by atoms with Crippen LogP contribution in [0.4, 0.5) is 0 Å². The predicted octanol–water partition coefficient (Wildman–Crippen LogP) is 4.39. The standard InChI is InChI=1S/C14H22O2/c1-2-10(14(16)12-7-4-8-12)9-13(15)11-5-3-6-11/h10,15-16H,2-9H2,1H3. The van der Waals surface area contributed by atoms with Gasteiger partial charge in [0.1, 0.15) is 0 Å². The van der Waals surface area contributed by atoms with Crippen LogP contribution >= 0.6 is 0 Å². The van der Waals surface area contributed by atoms with E-state index in [0.29, 0.717) is 17.9 Å². The van der Waals surface area contributed by atoms with E-state index in [4.69, 9.17) is 0 Å². The predicted molar refractivity (Wildman–Crippen MR) is 65.4 cm³/mol. The summed E-state index contributed by atoms with van der Waals surface area (Å²) in [6, 6.07) is 0. The molecule has 2 aliphatic carbocycles. The Morgan fingerprint density at radius 3 is 2.00 bits per heavy atom. The lowest BCUT2D eigenvalue weighted by Crippen LogP contribution is -2.13. The first-order valence-electron chi connectivity index (χ1n) is 6.53. The van der Waals surface area contributed by atoms with Gasteiger partial charge in [-0.3, -0.25) is 0 Å². The van der Waals surface area contributed by atoms with Gasteiger partial charge in [-0.05, 0) is 56.1 Å². The van der Waals surface area contributed by atoms with E-state index in [1.54, 1.807) is 0 Å². The van der Waals surface area contributed by atoms with Gasteiger partial charge in [-0.25, -0.2) is 0 Å². The van der Waals surface area contributed by atoms with E-state index < -0.39 is 0 Å². The van der Waals surface area contributed by atoms with Crippen molar-refractivity contribution >= 4 is 0 Å². The van der Waals surface area contributed by atoms with Gasteiger partial charge in [0.2, 0.25) is 0 Å². The van der Waals surface area contributed by atoms with Crippen molar-refractivity contribution in [1.29, 1.82) is 0 Å². The first-order chi connectivity index (χ1) is 7.72. The zero-order valence-corrected chi connectivity index (χ0v) is 10.1. The number of hydrogen-bond donors (Lipinski definition) is 2. The maximum atomic E-state index is 10.1. The molecular weight excluding hydrogens is 200 g/mol. The molecule has 2 rings (SSSR count). The Morgan fingerprint density at radius 2 is 1.62 bits per heavy atom. The highest BCUT2D eigenvalue weighted by molar-refractivity contribution is 5.20. The molecule has 0 aromatic rings. The van der Waals surface area contributed by atoms with Crippen molar-refractivity contribution in [1.82, 2.24) is 0 Å². The Hall–Kier alpha value is -0.920. The van der Waals surface area contributed by atoms with Gasteiger partial charge < -0.3 is 10.2 Å². The molecule has 0 heterocycles. The summed E-state index contributed by atoms with van der Waals surface area (Å²) >= 11 is 0. The lowest BCUT2D eigenvalue weighted by molar-refractivity contribution is 0.271. The third-order valence-electron chi connectivity index (χ3n) is 4.00. The monoisotopic (exact) mass is 222 g/mol. The fourth-order valence-corrected chi connectivity index (χ4v) is 2.35. The summed E-state index contributed by atoms with van der Waals surface area (Å²) in [6.07, 6.45) is 8.19. The van der Waals surface area contributed by atoms with Crippen LogP contribution in [0.3, 0.4) is 0 Å². The second-order valence-corrected chi connectivity index (χ2v) is 5.06. The third kappa shape index (κ3) is 2.26. The minimum absolute atomic E-state index is 0.142. The second-order valence-electron chi connectivity index (χ2n) is 5.06. The van der Waals surface area contributed by atoms with Crippen molar-refractivity contribution in [2.75, 3.05) is 0 Å². The molecule has 0 spiro atoms. The number of allylic oxidation sites excluding steroid dienone is 4. The molecule has 2 fully saturated rings. The van der Waals surface area contributed by atoms with Gasteiger partial charge >= 0.3 is 0 Å². The van der Waals surface area contributed by atoms with E-state index in [2.05, 4.69) is 6.92 Å². The first kappa shape index (κ1) is 11.6. The number of aliphatic hydroxyl groups excluding tert-OH is 2. The SMILES string of the molecule is CCC(CC(O)=C1CCC1)C(O)=C1CCC1. The lowest BCUT2D eigenvalue weighted by Gasteiger charge is -2.25. The maximum absolute atomic E-state index is 10.1. The minimum atomic E-state index is 0.142. The fraction of sp³-hybridized carbons (Fsp3) is 0.714. The van der Waals surface area contributed by atoms with Crippen LogP contribution in [0.2, 0.25) is 0 Å². The molecule has 0 aliphatic heterocycles. The molecule has 2 heteroatoms. The van der Waals surface area contributed by atoms with Crippen molar-refractivity contribution < 1.29 is 10.2 Å². The van der Waals surface area contributed by atoms with Crippen LogP contribution in [0.1, 0.15) is 58.3 Å². The van der Waals surface area contributed by atoms with Crippen LogP contribution in [0, 0.1) is 5.92 Å². The topological polar surface area (TPSA) is 40.5 Å². The Kier molecular flexibility index (Phi) is 3.57. The van der Waals surface area contributed by atoms with Crippen molar-refractivity contribution in [3.63, 3.8) is 0 Å². The Balaban J connectivity index is 2.00. The summed E-state index contributed by atoms with van der Waals surface area (Å²) in [6.45, 7) is 2.08. The first-order valence-corrected chi connectivity index (χ1v) is 6.53. The normalized spacial score (nSPS) is 21.1. The van der Waals surface area contributed by atoms with Crippen molar-refractivity contribution in [2.45, 2.75) is 58.3 Å². The van der Waals surface area contributed by atoms with E-state index >= 15 is 0 Å². The van der Waals surface area contributed by atoms with Crippen LogP contribution in [0.15, 0.2) is 22.7 Å². The van der Waals surface area contributed by atoms with Crippen molar-refractivity contribution in [2.24, 2.45) is 5.92 Å². The quantitative estimate of drug-likeness (QED) is 0.692. The molecule has 90 valence electrons. The molecule has 16 heavy (non-hydrogen) atoms. The van der Waals surface area contributed by atoms with Crippen LogP contribution in [0.25, 0.3) is 0 Å². The van der Waals surface area contributed by atoms with Crippen molar-refractivity contribution in [3.8, 4) is 0 Å². The van der Waals surface area contributed by atoms with Gasteiger partial charge in [0.15, 0.2) is 0 Å². The summed E-state index contributed by atoms with van der Waals surface area (Å²) in [5.41, 5.74) is 2.43. The second kappa shape index (κ2) is 4.94. The largest absolute Gasteiger partial charge is 0.512 e. The smallest absolute Gasteiger partial charge is 0.0949 e. The summed E-state index contributed by atoms with van der Waals surface area (Å²) in [7, 11) is 0. The molecule has 0 aromatic carbocycles. The molecule has 0 bridgehead atoms. The van der Waals surface area contributed by atoms with E-state index in [9.17, 15) is 10.2 Å². The van der Waals surface area contributed by atoms with Gasteiger partial charge in [0.05, 0.1) is 11.5 Å². The third-order valence-corrected chi connectivity index (χ3v) is 4.00. The fourth-order valence-electron chi connectivity index (χ4n) is 2.35. The number of hydrogen-bond acceptors (Lipinski definition) is 2. The number of rotatable bonds is 4. The van der Waals surface area contributed by atoms with Crippen LogP contribution in [-0.2, 0) is 0 Å².